The van der Waals surface area contributed by atoms with Crippen molar-refractivity contribution in [1.29, 1.82) is 0 Å². The van der Waals surface area contributed by atoms with Gasteiger partial charge in [-0.1, -0.05) is 35.5 Å². The van der Waals surface area contributed by atoms with Gasteiger partial charge in [-0.3, -0.25) is 20.4 Å². The minimum atomic E-state index is -0.527. The molecule has 0 radical (unpaired) electrons. The van der Waals surface area contributed by atoms with Gasteiger partial charge >= 0.3 is 0 Å². The Hall–Kier alpha value is -4.34. The summed E-state index contributed by atoms with van der Waals surface area (Å²) in [5.74, 6) is -0.653. The Morgan fingerprint density at radius 2 is 1.69 bits per heavy atom. The maximum Gasteiger partial charge on any atom is 0.275 e. The van der Waals surface area contributed by atoms with Crippen LogP contribution in [-0.2, 0) is 0 Å². The van der Waals surface area contributed by atoms with Gasteiger partial charge in [-0.25, -0.2) is 4.68 Å². The van der Waals surface area contributed by atoms with Crippen LogP contribution in [0, 0.1) is 6.92 Å². The van der Waals surface area contributed by atoms with Gasteiger partial charge in [-0.2, -0.15) is 0 Å². The van der Waals surface area contributed by atoms with Crippen molar-refractivity contribution in [2.24, 2.45) is 0 Å². The molecule has 0 atom stereocenters. The molecule has 2 aromatic carbocycles. The molecule has 29 heavy (non-hydrogen) atoms. The first-order valence-corrected chi connectivity index (χ1v) is 8.59. The molecule has 2 aromatic heterocycles. The third-order valence-electron chi connectivity index (χ3n) is 4.17. The van der Waals surface area contributed by atoms with Crippen LogP contribution in [0.4, 0.5) is 0 Å². The Bertz CT molecular complexity index is 1140. The zero-order valence-electron chi connectivity index (χ0n) is 15.2. The fourth-order valence-corrected chi connectivity index (χ4v) is 2.73. The first-order chi connectivity index (χ1) is 14.1. The van der Waals surface area contributed by atoms with E-state index in [1.54, 1.807) is 31.2 Å². The van der Waals surface area contributed by atoms with Crippen LogP contribution < -0.4 is 10.9 Å². The second kappa shape index (κ2) is 7.72. The number of nitrogens with zero attached hydrogens (tertiary/aromatic N) is 5. The van der Waals surface area contributed by atoms with Crippen LogP contribution in [0.3, 0.4) is 0 Å². The van der Waals surface area contributed by atoms with E-state index in [-0.39, 0.29) is 5.56 Å². The molecule has 0 spiro atoms. The number of aryl methyl sites for hydroxylation is 1. The first-order valence-electron chi connectivity index (χ1n) is 8.59. The molecular weight excluding hydrogens is 374 g/mol. The van der Waals surface area contributed by atoms with Crippen LogP contribution >= 0.6 is 0 Å². The second-order valence-electron chi connectivity index (χ2n) is 6.04. The Morgan fingerprint density at radius 3 is 2.38 bits per heavy atom. The number of rotatable bonds is 4. The van der Waals surface area contributed by atoms with Gasteiger partial charge in [-0.05, 0) is 41.6 Å². The van der Waals surface area contributed by atoms with Crippen molar-refractivity contribution in [3.63, 3.8) is 0 Å². The molecular formula is C19H15N7O3. The van der Waals surface area contributed by atoms with Gasteiger partial charge in [0.25, 0.3) is 11.8 Å². The third-order valence-corrected chi connectivity index (χ3v) is 4.17. The summed E-state index contributed by atoms with van der Waals surface area (Å²) in [6.07, 6.45) is 1.45. The van der Waals surface area contributed by atoms with Crippen LogP contribution in [0.15, 0.2) is 65.4 Å². The van der Waals surface area contributed by atoms with Crippen LogP contribution in [-0.4, -0.2) is 37.2 Å². The lowest BCUT2D eigenvalue weighted by atomic mass is 10.1. The van der Waals surface area contributed by atoms with Gasteiger partial charge in [0.15, 0.2) is 0 Å². The number of hydrogen-bond acceptors (Lipinski definition) is 7. The minimum Gasteiger partial charge on any atom is -0.360 e. The van der Waals surface area contributed by atoms with E-state index in [9.17, 15) is 9.59 Å². The lowest BCUT2D eigenvalue weighted by Gasteiger charge is -2.08. The molecule has 0 aliphatic carbocycles. The van der Waals surface area contributed by atoms with E-state index in [2.05, 4.69) is 31.5 Å². The molecule has 0 saturated carbocycles. The third kappa shape index (κ3) is 3.72. The van der Waals surface area contributed by atoms with Gasteiger partial charge in [-0.15, -0.1) is 5.10 Å². The lowest BCUT2D eigenvalue weighted by Crippen LogP contribution is -2.41. The van der Waals surface area contributed by atoms with Crippen molar-refractivity contribution in [2.45, 2.75) is 6.92 Å². The molecule has 10 nitrogen and oxygen atoms in total. The average Bonchev–Trinajstić information content (AvgIpc) is 3.42. The normalized spacial score (nSPS) is 10.5. The van der Waals surface area contributed by atoms with Gasteiger partial charge < -0.3 is 4.52 Å². The molecule has 4 rings (SSSR count). The first kappa shape index (κ1) is 18.0. The summed E-state index contributed by atoms with van der Waals surface area (Å²) >= 11 is 0. The van der Waals surface area contributed by atoms with Gasteiger partial charge in [0.1, 0.15) is 23.3 Å². The zero-order chi connectivity index (χ0) is 20.2. The van der Waals surface area contributed by atoms with Gasteiger partial charge in [0.05, 0.1) is 5.69 Å². The molecule has 0 aliphatic rings. The highest BCUT2D eigenvalue weighted by Crippen LogP contribution is 2.24. The van der Waals surface area contributed by atoms with Crippen LogP contribution in [0.2, 0.25) is 0 Å². The largest absolute Gasteiger partial charge is 0.360 e. The molecule has 0 bridgehead atoms. The average molecular weight is 389 g/mol. The van der Waals surface area contributed by atoms with Crippen LogP contribution in [0.5, 0.6) is 0 Å². The van der Waals surface area contributed by atoms with E-state index in [1.807, 2.05) is 30.3 Å². The van der Waals surface area contributed by atoms with Crippen molar-refractivity contribution in [3.8, 4) is 16.9 Å². The lowest BCUT2D eigenvalue weighted by molar-refractivity contribution is 0.0846. The molecule has 2 N–H and O–H groups in total. The summed E-state index contributed by atoms with van der Waals surface area (Å²) in [5.41, 5.74) is 7.24. The summed E-state index contributed by atoms with van der Waals surface area (Å²) in [6, 6.07) is 15.7. The zero-order valence-corrected chi connectivity index (χ0v) is 15.2. The van der Waals surface area contributed by atoms with Crippen molar-refractivity contribution in [3.05, 3.63) is 77.8 Å². The Morgan fingerprint density at radius 1 is 0.966 bits per heavy atom. The van der Waals surface area contributed by atoms with Crippen LogP contribution in [0.25, 0.3) is 16.9 Å². The Balaban J connectivity index is 1.45. The van der Waals surface area contributed by atoms with E-state index in [1.165, 1.54) is 11.0 Å². The number of tetrazole rings is 1. The molecule has 144 valence electrons. The summed E-state index contributed by atoms with van der Waals surface area (Å²) in [6.45, 7) is 1.63. The minimum absolute atomic E-state index is 0.255. The van der Waals surface area contributed by atoms with E-state index in [0.717, 1.165) is 5.56 Å². The summed E-state index contributed by atoms with van der Waals surface area (Å²) < 4.78 is 6.63. The SMILES string of the molecule is Cc1onc(-c2ccccc2)c1C(=O)NNC(=O)c1ccc(-n2cnnn2)cc1. The monoisotopic (exact) mass is 389 g/mol. The fraction of sp³-hybridized carbons (Fsp3) is 0.0526. The van der Waals surface area contributed by atoms with E-state index >= 15 is 0 Å². The predicted octanol–water partition coefficient (Wildman–Crippen LogP) is 1.70. The number of aromatic nitrogens is 5. The molecule has 2 amide bonds. The second-order valence-corrected chi connectivity index (χ2v) is 6.04. The summed E-state index contributed by atoms with van der Waals surface area (Å²) in [5, 5.41) is 14.8. The quantitative estimate of drug-likeness (QED) is 0.508. The molecule has 4 aromatic rings. The van der Waals surface area contributed by atoms with Crippen LogP contribution in [0.1, 0.15) is 26.5 Å². The van der Waals surface area contributed by atoms with E-state index in [0.29, 0.717) is 22.7 Å². The number of hydrazine groups is 1. The van der Waals surface area contributed by atoms with Crippen molar-refractivity contribution >= 4 is 11.8 Å². The summed E-state index contributed by atoms with van der Waals surface area (Å²) in [7, 11) is 0. The van der Waals surface area contributed by atoms with E-state index < -0.39 is 11.8 Å². The topological polar surface area (TPSA) is 128 Å². The number of carbonyl (C=O) groups excluding carboxylic acids is 2. The maximum absolute atomic E-state index is 12.6. The molecule has 0 saturated heterocycles. The predicted molar refractivity (Wildman–Crippen MR) is 101 cm³/mol. The summed E-state index contributed by atoms with van der Waals surface area (Å²) in [4.78, 5) is 25.0. The molecule has 0 unspecified atom stereocenters. The number of amides is 2. The maximum atomic E-state index is 12.6. The van der Waals surface area contributed by atoms with Crippen molar-refractivity contribution in [1.82, 2.24) is 36.2 Å². The number of benzene rings is 2. The highest BCUT2D eigenvalue weighted by molar-refractivity contribution is 6.03. The number of carbonyl (C=O) groups is 2. The number of nitrogens with one attached hydrogen (secondary N) is 2. The van der Waals surface area contributed by atoms with Crippen molar-refractivity contribution in [2.75, 3.05) is 0 Å². The Labute approximate surface area is 164 Å². The Kier molecular flexibility index (Phi) is 4.81. The molecule has 0 fully saturated rings. The smallest absolute Gasteiger partial charge is 0.275 e. The highest BCUT2D eigenvalue weighted by atomic mass is 16.5. The van der Waals surface area contributed by atoms with Gasteiger partial charge in [0, 0.05) is 11.1 Å². The molecule has 10 heteroatoms. The highest BCUT2D eigenvalue weighted by Gasteiger charge is 2.22. The standard InChI is InChI=1S/C19H15N7O3/c1-12-16(17(23-29-12)13-5-3-2-4-6-13)19(28)22-21-18(27)14-7-9-15(10-8-14)26-11-20-24-25-26/h2-11H,1H3,(H,21,27)(H,22,28). The molecule has 2 heterocycles. The van der Waals surface area contributed by atoms with E-state index in [4.69, 9.17) is 4.52 Å². The van der Waals surface area contributed by atoms with Gasteiger partial charge in [0.2, 0.25) is 0 Å². The number of hydrogen-bond donors (Lipinski definition) is 2. The fourth-order valence-electron chi connectivity index (χ4n) is 2.73. The van der Waals surface area contributed by atoms with Crippen molar-refractivity contribution < 1.29 is 14.1 Å². The molecule has 0 aliphatic heterocycles.